The van der Waals surface area contributed by atoms with Gasteiger partial charge in [-0.15, -0.1) is 0 Å². The molecule has 6 heteroatoms. The molecule has 1 fully saturated rings. The summed E-state index contributed by atoms with van der Waals surface area (Å²) in [7, 11) is 0. The highest BCUT2D eigenvalue weighted by atomic mass is 79.9. The Labute approximate surface area is 120 Å². The number of aromatic nitrogens is 1. The molecule has 1 saturated heterocycles. The van der Waals surface area contributed by atoms with Crippen LogP contribution in [0.15, 0.2) is 16.7 Å². The molecule has 2 unspecified atom stereocenters. The fraction of sp³-hybridized carbons (Fsp3) is 0.538. The second-order valence-electron chi connectivity index (χ2n) is 4.96. The van der Waals surface area contributed by atoms with Crippen LogP contribution >= 0.6 is 15.9 Å². The van der Waals surface area contributed by atoms with E-state index in [1.807, 2.05) is 12.1 Å². The molecule has 3 rings (SSSR count). The van der Waals surface area contributed by atoms with Crippen molar-refractivity contribution in [1.29, 1.82) is 0 Å². The van der Waals surface area contributed by atoms with Gasteiger partial charge >= 0.3 is 0 Å². The van der Waals surface area contributed by atoms with Crippen LogP contribution in [0.25, 0.3) is 0 Å². The van der Waals surface area contributed by atoms with Crippen LogP contribution in [0.2, 0.25) is 0 Å². The van der Waals surface area contributed by atoms with Crippen LogP contribution in [0, 0.1) is 0 Å². The molecule has 19 heavy (non-hydrogen) atoms. The summed E-state index contributed by atoms with van der Waals surface area (Å²) in [5.74, 6) is 1.03. The monoisotopic (exact) mass is 325 g/mol. The van der Waals surface area contributed by atoms with Gasteiger partial charge in [0.1, 0.15) is 4.60 Å². The number of piperidine rings is 1. The first-order valence-electron chi connectivity index (χ1n) is 6.60. The van der Waals surface area contributed by atoms with E-state index in [0.717, 1.165) is 13.0 Å². The summed E-state index contributed by atoms with van der Waals surface area (Å²) in [6.07, 6.45) is 3.83. The van der Waals surface area contributed by atoms with Gasteiger partial charge in [-0.25, -0.2) is 4.98 Å². The molecule has 2 aliphatic heterocycles. The fourth-order valence-electron chi connectivity index (χ4n) is 2.55. The van der Waals surface area contributed by atoms with Crippen LogP contribution in [-0.4, -0.2) is 29.6 Å². The van der Waals surface area contributed by atoms with Gasteiger partial charge in [-0.3, -0.25) is 4.79 Å². The topological polar surface area (TPSA) is 63.2 Å². The maximum Gasteiger partial charge on any atom is 0.266 e. The molecule has 0 aliphatic carbocycles. The highest BCUT2D eigenvalue weighted by Gasteiger charge is 2.31. The van der Waals surface area contributed by atoms with Crippen molar-refractivity contribution in [2.24, 2.45) is 0 Å². The van der Waals surface area contributed by atoms with E-state index in [-0.39, 0.29) is 5.91 Å². The van der Waals surface area contributed by atoms with E-state index in [9.17, 15) is 4.79 Å². The normalized spacial score (nSPS) is 26.3. The summed E-state index contributed by atoms with van der Waals surface area (Å²) >= 11 is 3.28. The Balaban J connectivity index is 1.70. The summed E-state index contributed by atoms with van der Waals surface area (Å²) in [4.78, 5) is 16.2. The van der Waals surface area contributed by atoms with Crippen LogP contribution in [0.5, 0.6) is 5.75 Å². The van der Waals surface area contributed by atoms with Gasteiger partial charge < -0.3 is 15.4 Å². The quantitative estimate of drug-likeness (QED) is 0.817. The van der Waals surface area contributed by atoms with E-state index in [2.05, 4.69) is 31.5 Å². The van der Waals surface area contributed by atoms with Crippen LogP contribution in [0.3, 0.4) is 0 Å². The smallest absolute Gasteiger partial charge is 0.266 e. The maximum atomic E-state index is 12.0. The van der Waals surface area contributed by atoms with Crippen molar-refractivity contribution >= 4 is 27.7 Å². The standard InChI is InChI=1S/C13H16BrN3O2/c14-11-5-4-9-12(16-11)17-13(18)10(19-9)7-8-3-1-2-6-15-8/h4-5,8,10,15H,1-3,6-7H2,(H,16,17,18). The van der Waals surface area contributed by atoms with Crippen LogP contribution < -0.4 is 15.4 Å². The van der Waals surface area contributed by atoms with Gasteiger partial charge in [-0.1, -0.05) is 6.42 Å². The van der Waals surface area contributed by atoms with Crippen LogP contribution in [0.1, 0.15) is 25.7 Å². The first-order valence-corrected chi connectivity index (χ1v) is 7.39. The van der Waals surface area contributed by atoms with E-state index in [4.69, 9.17) is 4.74 Å². The van der Waals surface area contributed by atoms with Crippen molar-refractivity contribution < 1.29 is 9.53 Å². The molecule has 0 spiro atoms. The van der Waals surface area contributed by atoms with Crippen LogP contribution in [0.4, 0.5) is 5.82 Å². The highest BCUT2D eigenvalue weighted by Crippen LogP contribution is 2.30. The summed E-state index contributed by atoms with van der Waals surface area (Å²) in [6, 6.07) is 4.01. The molecule has 0 aromatic carbocycles. The van der Waals surface area contributed by atoms with Gasteiger partial charge in [0, 0.05) is 12.5 Å². The molecule has 0 saturated carbocycles. The van der Waals surface area contributed by atoms with E-state index in [1.54, 1.807) is 0 Å². The Morgan fingerprint density at radius 2 is 2.32 bits per heavy atom. The van der Waals surface area contributed by atoms with Crippen molar-refractivity contribution in [2.45, 2.75) is 37.8 Å². The third-order valence-corrected chi connectivity index (χ3v) is 3.98. The zero-order chi connectivity index (χ0) is 13.2. The minimum atomic E-state index is -0.425. The first-order chi connectivity index (χ1) is 9.22. The summed E-state index contributed by atoms with van der Waals surface area (Å²) in [5.41, 5.74) is 0. The van der Waals surface area contributed by atoms with Gasteiger partial charge in [-0.2, -0.15) is 0 Å². The van der Waals surface area contributed by atoms with E-state index in [0.29, 0.717) is 28.6 Å². The molecular weight excluding hydrogens is 310 g/mol. The first kappa shape index (κ1) is 12.9. The summed E-state index contributed by atoms with van der Waals surface area (Å²) in [6.45, 7) is 1.03. The number of hydrogen-bond donors (Lipinski definition) is 2. The molecular formula is C13H16BrN3O2. The molecule has 2 N–H and O–H groups in total. The Morgan fingerprint density at radius 3 is 3.11 bits per heavy atom. The Hall–Kier alpha value is -1.14. The number of halogens is 1. The summed E-state index contributed by atoms with van der Waals surface area (Å²) in [5, 5.41) is 6.24. The molecule has 3 heterocycles. The van der Waals surface area contributed by atoms with E-state index < -0.39 is 6.10 Å². The fourth-order valence-corrected chi connectivity index (χ4v) is 2.86. The lowest BCUT2D eigenvalue weighted by atomic mass is 9.98. The SMILES string of the molecule is O=C1Nc2nc(Br)ccc2OC1CC1CCCCN1. The van der Waals surface area contributed by atoms with Crippen molar-refractivity contribution in [3.05, 3.63) is 16.7 Å². The molecule has 1 amide bonds. The number of pyridine rings is 1. The Kier molecular flexibility index (Phi) is 3.70. The third kappa shape index (κ3) is 2.90. The largest absolute Gasteiger partial charge is 0.477 e. The Bertz CT molecular complexity index is 489. The highest BCUT2D eigenvalue weighted by molar-refractivity contribution is 9.10. The number of fused-ring (bicyclic) bond motifs is 1. The number of carbonyl (C=O) groups excluding carboxylic acids is 1. The molecule has 102 valence electrons. The Morgan fingerprint density at radius 1 is 1.42 bits per heavy atom. The molecule has 0 bridgehead atoms. The van der Waals surface area contributed by atoms with Crippen molar-refractivity contribution in [3.8, 4) is 5.75 Å². The van der Waals surface area contributed by atoms with Gasteiger partial charge in [0.05, 0.1) is 0 Å². The molecule has 1 aromatic heterocycles. The number of nitrogens with zero attached hydrogens (tertiary/aromatic N) is 1. The minimum Gasteiger partial charge on any atom is -0.477 e. The molecule has 0 radical (unpaired) electrons. The van der Waals surface area contributed by atoms with Gasteiger partial charge in [0.15, 0.2) is 17.7 Å². The van der Waals surface area contributed by atoms with Gasteiger partial charge in [-0.05, 0) is 47.4 Å². The van der Waals surface area contributed by atoms with E-state index in [1.165, 1.54) is 12.8 Å². The zero-order valence-electron chi connectivity index (χ0n) is 10.5. The predicted octanol–water partition coefficient (Wildman–Crippen LogP) is 2.08. The summed E-state index contributed by atoms with van der Waals surface area (Å²) < 4.78 is 6.45. The lowest BCUT2D eigenvalue weighted by molar-refractivity contribution is -0.124. The van der Waals surface area contributed by atoms with Crippen LogP contribution in [-0.2, 0) is 4.79 Å². The van der Waals surface area contributed by atoms with E-state index >= 15 is 0 Å². The lowest BCUT2D eigenvalue weighted by Gasteiger charge is -2.30. The lowest BCUT2D eigenvalue weighted by Crippen LogP contribution is -2.44. The van der Waals surface area contributed by atoms with Crippen molar-refractivity contribution in [2.75, 3.05) is 11.9 Å². The number of hydrogen-bond acceptors (Lipinski definition) is 4. The second-order valence-corrected chi connectivity index (χ2v) is 5.77. The molecule has 5 nitrogen and oxygen atoms in total. The minimum absolute atomic E-state index is 0.106. The number of amides is 1. The zero-order valence-corrected chi connectivity index (χ0v) is 12.1. The number of anilines is 1. The van der Waals surface area contributed by atoms with Gasteiger partial charge in [0.2, 0.25) is 0 Å². The van der Waals surface area contributed by atoms with Gasteiger partial charge in [0.25, 0.3) is 5.91 Å². The number of rotatable bonds is 2. The molecule has 2 aliphatic rings. The molecule has 2 atom stereocenters. The predicted molar refractivity (Wildman–Crippen MR) is 75.2 cm³/mol. The third-order valence-electron chi connectivity index (χ3n) is 3.54. The van der Waals surface area contributed by atoms with Crippen molar-refractivity contribution in [3.63, 3.8) is 0 Å². The molecule has 1 aromatic rings. The average Bonchev–Trinajstić information content (AvgIpc) is 2.41. The number of nitrogens with one attached hydrogen (secondary N) is 2. The average molecular weight is 326 g/mol. The van der Waals surface area contributed by atoms with Crippen molar-refractivity contribution in [1.82, 2.24) is 10.3 Å². The number of carbonyl (C=O) groups is 1. The second kappa shape index (κ2) is 5.46. The number of ether oxygens (including phenoxy) is 1. The maximum absolute atomic E-state index is 12.0.